The van der Waals surface area contributed by atoms with Gasteiger partial charge in [-0.1, -0.05) is 100 Å². The summed E-state index contributed by atoms with van der Waals surface area (Å²) in [5.41, 5.74) is 0. The van der Waals surface area contributed by atoms with Crippen LogP contribution in [-0.2, 0) is 21.1 Å². The Bertz CT molecular complexity index is 1100. The number of hydrogen-bond acceptors (Lipinski definition) is 12. The van der Waals surface area contributed by atoms with Crippen molar-refractivity contribution >= 4 is 28.9 Å². The summed E-state index contributed by atoms with van der Waals surface area (Å²) < 4.78 is 0. The Kier molecular flexibility index (Phi) is 19.1. The van der Waals surface area contributed by atoms with E-state index >= 15 is 0 Å². The maximum Gasteiger partial charge on any atom is 0.144 e. The maximum absolute atomic E-state index is 4.19. The zero-order chi connectivity index (χ0) is 36.4. The second-order valence-electron chi connectivity index (χ2n) is 11.7. The SMILES string of the molecule is C=CC.C=CN1C2C3N(C=C)C4C(N(/C=C\C)C(C1N4/C=C/C)N2C=CC)N3/C=C\C.CC.CC.N1C2NC3NC4NC3NC2NC14.PI.[W]. The largest absolute Gasteiger partial charge is 0.331 e. The van der Waals surface area contributed by atoms with E-state index in [9.17, 15) is 0 Å². The molecule has 12 bridgehead atoms. The standard InChI is InChI=1S/C22H32N6.C6H12N6.C3H6.2C2H6.H2IP.W/c1-7-13-25-19-21-26(14-8-2)17(23(19)11-5)18-24(12-6)20(25)22(27(18)15-9-3)28(21)16-10-4;7-1-2-8-5(7)6-9-3(11-1)4(10-6)12-2;1-3-2;3*1-2;/h7-22H,5-6H2,1-4H3;1-12H;3H,1H2,2H3;2*1-2H3;2H2;/b13-7+,14-8-,15-9?,16-10-;;;;;;. The number of hydrogen-bond donors (Lipinski definition) is 6. The molecule has 0 spiro atoms. The predicted molar refractivity (Wildman–Crippen MR) is 217 cm³/mol. The van der Waals surface area contributed by atoms with Crippen molar-refractivity contribution in [3.8, 4) is 0 Å². The molecular weight excluding hydrogens is 930 g/mol. The van der Waals surface area contributed by atoms with Crippen LogP contribution in [0.2, 0.25) is 0 Å². The number of halogens is 1. The number of rotatable bonds is 6. The van der Waals surface area contributed by atoms with Gasteiger partial charge in [0, 0.05) is 21.1 Å². The van der Waals surface area contributed by atoms with Gasteiger partial charge in [-0.15, -0.1) is 6.58 Å². The predicted octanol–water partition coefficient (Wildman–Crippen LogP) is 4.22. The zero-order valence-corrected chi connectivity index (χ0v) is 37.7. The Hall–Kier alpha value is -1.41. The molecule has 0 aliphatic carbocycles. The van der Waals surface area contributed by atoms with Gasteiger partial charge in [0.2, 0.25) is 0 Å². The topological polar surface area (TPSA) is 91.6 Å². The van der Waals surface area contributed by atoms with Crippen LogP contribution in [0.25, 0.3) is 0 Å². The van der Waals surface area contributed by atoms with E-state index in [4.69, 9.17) is 0 Å². The second-order valence-corrected chi connectivity index (χ2v) is 11.7. The Labute approximate surface area is 332 Å². The fraction of sp³-hybridized carbons (Fsp3) is 0.600. The summed E-state index contributed by atoms with van der Waals surface area (Å²) in [5.74, 6) is 0. The number of piperazine rings is 2. The molecule has 282 valence electrons. The molecule has 0 radical (unpaired) electrons. The molecular formula is C35H64IN12PW. The first-order chi connectivity index (χ1) is 24.0. The Morgan fingerprint density at radius 3 is 0.720 bits per heavy atom. The van der Waals surface area contributed by atoms with Crippen LogP contribution in [0, 0.1) is 0 Å². The minimum Gasteiger partial charge on any atom is -0.331 e. The van der Waals surface area contributed by atoms with E-state index in [1.54, 1.807) is 6.08 Å². The van der Waals surface area contributed by atoms with Gasteiger partial charge in [0.15, 0.2) is 0 Å². The fourth-order valence-electron chi connectivity index (χ4n) is 8.14. The Morgan fingerprint density at radius 1 is 0.420 bits per heavy atom. The van der Waals surface area contributed by atoms with Gasteiger partial charge in [-0.25, -0.2) is 0 Å². The average molecular weight is 995 g/mol. The van der Waals surface area contributed by atoms with E-state index in [-0.39, 0.29) is 58.1 Å². The van der Waals surface area contributed by atoms with Gasteiger partial charge in [-0.3, -0.25) is 31.9 Å². The molecule has 7 unspecified atom stereocenters. The van der Waals surface area contributed by atoms with E-state index in [0.717, 1.165) is 0 Å². The van der Waals surface area contributed by atoms with Gasteiger partial charge < -0.3 is 29.4 Å². The van der Waals surface area contributed by atoms with Crippen LogP contribution >= 0.6 is 28.9 Å². The van der Waals surface area contributed by atoms with Crippen LogP contribution in [0.1, 0.15) is 62.3 Å². The Balaban J connectivity index is 0.000000325. The molecule has 0 aromatic heterocycles. The van der Waals surface area contributed by atoms with Gasteiger partial charge in [0.1, 0.15) is 37.0 Å². The third kappa shape index (κ3) is 7.92. The summed E-state index contributed by atoms with van der Waals surface area (Å²) in [6, 6.07) is 0. The van der Waals surface area contributed by atoms with Crippen molar-refractivity contribution in [2.24, 2.45) is 0 Å². The smallest absolute Gasteiger partial charge is 0.144 e. The first-order valence-corrected chi connectivity index (χ1v) is 21.9. The molecule has 0 amide bonds. The van der Waals surface area contributed by atoms with Crippen LogP contribution < -0.4 is 31.9 Å². The normalized spacial score (nSPS) is 36.9. The van der Waals surface area contributed by atoms with Crippen molar-refractivity contribution in [3.63, 3.8) is 0 Å². The summed E-state index contributed by atoms with van der Waals surface area (Å²) in [4.78, 5) is 14.8. The first-order valence-electron chi connectivity index (χ1n) is 17.8. The van der Waals surface area contributed by atoms with E-state index in [1.807, 2.05) is 47.0 Å². The zero-order valence-electron chi connectivity index (χ0n) is 31.4. The van der Waals surface area contributed by atoms with E-state index in [1.165, 1.54) is 0 Å². The molecule has 0 aromatic rings. The molecule has 10 heterocycles. The number of nitrogens with one attached hydrogen (secondary N) is 6. The monoisotopic (exact) mass is 994 g/mol. The number of allylic oxidation sites excluding steroid dienone is 5. The van der Waals surface area contributed by atoms with E-state index < -0.39 is 0 Å². The molecule has 10 aliphatic rings. The molecule has 0 saturated carbocycles. The van der Waals surface area contributed by atoms with Crippen LogP contribution in [0.5, 0.6) is 0 Å². The van der Waals surface area contributed by atoms with Crippen LogP contribution in [0.15, 0.2) is 87.3 Å². The van der Waals surface area contributed by atoms with Crippen LogP contribution in [0.3, 0.4) is 0 Å². The second kappa shape index (κ2) is 21.3. The average Bonchev–Trinajstić information content (AvgIpc) is 3.81. The fourth-order valence-corrected chi connectivity index (χ4v) is 8.14. The van der Waals surface area contributed by atoms with Gasteiger partial charge in [-0.05, 0) is 71.8 Å². The molecule has 6 N–H and O–H groups in total. The molecule has 0 aromatic carbocycles. The van der Waals surface area contributed by atoms with Crippen molar-refractivity contribution in [1.29, 1.82) is 0 Å². The summed E-state index contributed by atoms with van der Waals surface area (Å²) in [7, 11) is 0. The van der Waals surface area contributed by atoms with E-state index in [2.05, 4.69) is 187 Å². The molecule has 10 rings (SSSR count). The van der Waals surface area contributed by atoms with Gasteiger partial charge in [0.25, 0.3) is 0 Å². The van der Waals surface area contributed by atoms with Crippen molar-refractivity contribution < 1.29 is 21.1 Å². The third-order valence-electron chi connectivity index (χ3n) is 9.33. The van der Waals surface area contributed by atoms with Gasteiger partial charge in [-0.2, -0.15) is 0 Å². The van der Waals surface area contributed by atoms with Gasteiger partial charge in [0.05, 0.1) is 37.0 Å². The minimum absolute atomic E-state index is 0. The first kappa shape index (κ1) is 44.7. The summed E-state index contributed by atoms with van der Waals surface area (Å²) in [5, 5.41) is 20.8. The van der Waals surface area contributed by atoms with Crippen molar-refractivity contribution in [3.05, 3.63) is 87.3 Å². The molecule has 12 nitrogen and oxygen atoms in total. The van der Waals surface area contributed by atoms with Crippen molar-refractivity contribution in [1.82, 2.24) is 61.3 Å². The maximum atomic E-state index is 4.19. The third-order valence-corrected chi connectivity index (χ3v) is 9.33. The van der Waals surface area contributed by atoms with Gasteiger partial charge >= 0.3 is 0 Å². The van der Waals surface area contributed by atoms with Crippen LogP contribution in [-0.4, -0.2) is 103 Å². The van der Waals surface area contributed by atoms with Crippen molar-refractivity contribution in [2.45, 2.75) is 136 Å². The molecule has 7 atom stereocenters. The molecule has 10 fully saturated rings. The Morgan fingerprint density at radius 2 is 0.580 bits per heavy atom. The van der Waals surface area contributed by atoms with Crippen molar-refractivity contribution in [2.75, 3.05) is 0 Å². The summed E-state index contributed by atoms with van der Waals surface area (Å²) in [6.07, 6.45) is 26.4. The number of nitrogens with zero attached hydrogens (tertiary/aromatic N) is 6. The summed E-state index contributed by atoms with van der Waals surface area (Å²) >= 11 is 2.07. The molecule has 15 heteroatoms. The van der Waals surface area contributed by atoms with Crippen LogP contribution in [0.4, 0.5) is 0 Å². The molecule has 50 heavy (non-hydrogen) atoms. The quantitative estimate of drug-likeness (QED) is 0.131. The molecule has 10 aliphatic heterocycles. The van der Waals surface area contributed by atoms with E-state index in [0.29, 0.717) is 37.0 Å². The summed E-state index contributed by atoms with van der Waals surface area (Å²) in [6.45, 7) is 32.4. The molecule has 10 saturated heterocycles. The minimum atomic E-state index is 0.